The third kappa shape index (κ3) is 4.04. The summed E-state index contributed by atoms with van der Waals surface area (Å²) >= 11 is 3.19. The molecule has 0 radical (unpaired) electrons. The van der Waals surface area contributed by atoms with Gasteiger partial charge in [-0.2, -0.15) is 0 Å². The molecular weight excluding hydrogens is 344 g/mol. The van der Waals surface area contributed by atoms with Crippen LogP contribution in [0, 0.1) is 0 Å². The molecule has 0 unspecified atom stereocenters. The molecule has 0 bridgehead atoms. The molecule has 5 nitrogen and oxygen atoms in total. The zero-order valence-corrected chi connectivity index (χ0v) is 13.3. The first-order valence-electron chi connectivity index (χ1n) is 6.52. The van der Waals surface area contributed by atoms with Crippen molar-refractivity contribution >= 4 is 31.9 Å². The summed E-state index contributed by atoms with van der Waals surface area (Å²) in [5, 5.41) is 2.84. The van der Waals surface area contributed by atoms with Crippen molar-refractivity contribution in [3.63, 3.8) is 0 Å². The van der Waals surface area contributed by atoms with Crippen LogP contribution in [0.1, 0.15) is 25.7 Å². The molecule has 0 spiro atoms. The molecule has 0 heterocycles. The fourth-order valence-corrected chi connectivity index (χ4v) is 4.23. The summed E-state index contributed by atoms with van der Waals surface area (Å²) in [5.74, 6) is -0.285. The predicted molar refractivity (Wildman–Crippen MR) is 79.7 cm³/mol. The van der Waals surface area contributed by atoms with Crippen molar-refractivity contribution in [1.82, 2.24) is 10.0 Å². The van der Waals surface area contributed by atoms with Crippen LogP contribution in [0.5, 0.6) is 0 Å². The smallest absolute Gasteiger partial charge is 0.242 e. The Kier molecular flexibility index (Phi) is 5.17. The van der Waals surface area contributed by atoms with Crippen LogP contribution in [0.25, 0.3) is 0 Å². The normalized spacial score (nSPS) is 16.2. The van der Waals surface area contributed by atoms with Gasteiger partial charge in [0.25, 0.3) is 0 Å². The van der Waals surface area contributed by atoms with Gasteiger partial charge in [-0.05, 0) is 40.9 Å². The Morgan fingerprint density at radius 1 is 1.25 bits per heavy atom. The number of amides is 1. The first-order valence-corrected chi connectivity index (χ1v) is 8.80. The highest BCUT2D eigenvalue weighted by atomic mass is 79.9. The number of rotatable bonds is 5. The number of nitrogens with one attached hydrogen (secondary N) is 2. The number of halogens is 1. The second-order valence-electron chi connectivity index (χ2n) is 4.80. The van der Waals surface area contributed by atoms with E-state index in [1.54, 1.807) is 18.2 Å². The largest absolute Gasteiger partial charge is 0.352 e. The van der Waals surface area contributed by atoms with E-state index in [0.29, 0.717) is 4.47 Å². The number of carbonyl (C=O) groups excluding carboxylic acids is 1. The van der Waals surface area contributed by atoms with Gasteiger partial charge >= 0.3 is 0 Å². The van der Waals surface area contributed by atoms with Crippen LogP contribution in [0.2, 0.25) is 0 Å². The number of hydrogen-bond donors (Lipinski definition) is 2. The van der Waals surface area contributed by atoms with Crippen LogP contribution < -0.4 is 10.0 Å². The molecular formula is C13H17BrN2O3S. The maximum atomic E-state index is 12.1. The van der Waals surface area contributed by atoms with Gasteiger partial charge in [0.2, 0.25) is 15.9 Å². The molecule has 0 saturated heterocycles. The topological polar surface area (TPSA) is 75.3 Å². The van der Waals surface area contributed by atoms with Gasteiger partial charge in [0.1, 0.15) is 0 Å². The van der Waals surface area contributed by atoms with E-state index < -0.39 is 10.0 Å². The third-order valence-corrected chi connectivity index (χ3v) is 5.68. The van der Waals surface area contributed by atoms with Crippen molar-refractivity contribution in [3.05, 3.63) is 28.7 Å². The molecule has 1 saturated carbocycles. The van der Waals surface area contributed by atoms with Gasteiger partial charge in [0.05, 0.1) is 11.4 Å². The number of hydrogen-bond acceptors (Lipinski definition) is 3. The number of benzene rings is 1. The molecule has 0 aliphatic heterocycles. The van der Waals surface area contributed by atoms with Gasteiger partial charge in [-0.25, -0.2) is 13.1 Å². The number of carbonyl (C=O) groups is 1. The van der Waals surface area contributed by atoms with E-state index in [4.69, 9.17) is 0 Å². The molecule has 0 aromatic heterocycles. The fraction of sp³-hybridized carbons (Fsp3) is 0.462. The van der Waals surface area contributed by atoms with Crippen LogP contribution in [0.15, 0.2) is 33.6 Å². The summed E-state index contributed by atoms with van der Waals surface area (Å²) in [7, 11) is -3.68. The minimum absolute atomic E-state index is 0.133. The quantitative estimate of drug-likeness (QED) is 0.840. The first kappa shape index (κ1) is 15.5. The molecule has 110 valence electrons. The number of sulfonamides is 1. The lowest BCUT2D eigenvalue weighted by Crippen LogP contribution is -2.40. The van der Waals surface area contributed by atoms with Crippen molar-refractivity contribution in [2.45, 2.75) is 36.6 Å². The molecule has 0 atom stereocenters. The lowest BCUT2D eigenvalue weighted by molar-refractivity contribution is -0.120. The van der Waals surface area contributed by atoms with Crippen molar-refractivity contribution in [2.24, 2.45) is 0 Å². The zero-order chi connectivity index (χ0) is 14.6. The summed E-state index contributed by atoms with van der Waals surface area (Å²) in [6.45, 7) is -0.236. The average Bonchev–Trinajstić information content (AvgIpc) is 2.90. The lowest BCUT2D eigenvalue weighted by Gasteiger charge is -2.13. The van der Waals surface area contributed by atoms with Crippen LogP contribution in [-0.4, -0.2) is 26.9 Å². The van der Waals surface area contributed by atoms with E-state index in [9.17, 15) is 13.2 Å². The second-order valence-corrected chi connectivity index (χ2v) is 7.39. The Morgan fingerprint density at radius 2 is 1.90 bits per heavy atom. The van der Waals surface area contributed by atoms with E-state index in [1.165, 1.54) is 6.07 Å². The van der Waals surface area contributed by atoms with Crippen LogP contribution in [0.3, 0.4) is 0 Å². The van der Waals surface area contributed by atoms with Gasteiger partial charge < -0.3 is 5.32 Å². The molecule has 1 amide bonds. The van der Waals surface area contributed by atoms with Gasteiger partial charge in [-0.3, -0.25) is 4.79 Å². The molecule has 20 heavy (non-hydrogen) atoms. The monoisotopic (exact) mass is 360 g/mol. The summed E-state index contributed by atoms with van der Waals surface area (Å²) in [5.41, 5.74) is 0. The highest BCUT2D eigenvalue weighted by Gasteiger charge is 2.20. The van der Waals surface area contributed by atoms with Crippen molar-refractivity contribution in [2.75, 3.05) is 6.54 Å². The molecule has 1 aliphatic rings. The summed E-state index contributed by atoms with van der Waals surface area (Å²) in [6.07, 6.45) is 4.19. The van der Waals surface area contributed by atoms with Gasteiger partial charge in [-0.1, -0.05) is 25.0 Å². The fourth-order valence-electron chi connectivity index (χ4n) is 2.25. The van der Waals surface area contributed by atoms with Gasteiger partial charge in [0, 0.05) is 10.5 Å². The maximum Gasteiger partial charge on any atom is 0.242 e. The maximum absolute atomic E-state index is 12.1. The first-order chi connectivity index (χ1) is 9.49. The molecule has 7 heteroatoms. The zero-order valence-electron chi connectivity index (χ0n) is 10.9. The second kappa shape index (κ2) is 6.69. The minimum atomic E-state index is -3.68. The van der Waals surface area contributed by atoms with Crippen LogP contribution in [0.4, 0.5) is 0 Å². The van der Waals surface area contributed by atoms with E-state index in [2.05, 4.69) is 26.0 Å². The molecule has 1 aromatic carbocycles. The molecule has 1 fully saturated rings. The van der Waals surface area contributed by atoms with Gasteiger partial charge in [-0.15, -0.1) is 0 Å². The Bertz CT molecular complexity index is 583. The minimum Gasteiger partial charge on any atom is -0.352 e. The van der Waals surface area contributed by atoms with E-state index >= 15 is 0 Å². The van der Waals surface area contributed by atoms with Crippen molar-refractivity contribution in [3.8, 4) is 0 Å². The summed E-state index contributed by atoms with van der Waals surface area (Å²) in [6, 6.07) is 6.69. The molecule has 2 N–H and O–H groups in total. The van der Waals surface area contributed by atoms with Crippen LogP contribution >= 0.6 is 15.9 Å². The highest BCUT2D eigenvalue weighted by molar-refractivity contribution is 9.10. The van der Waals surface area contributed by atoms with E-state index in [0.717, 1.165) is 25.7 Å². The van der Waals surface area contributed by atoms with E-state index in [1.807, 2.05) is 0 Å². The predicted octanol–water partition coefficient (Wildman–Crippen LogP) is 1.79. The Morgan fingerprint density at radius 3 is 2.55 bits per heavy atom. The van der Waals surface area contributed by atoms with Gasteiger partial charge in [0.15, 0.2) is 0 Å². The Hall–Kier alpha value is -0.920. The molecule has 1 aliphatic carbocycles. The van der Waals surface area contributed by atoms with E-state index in [-0.39, 0.29) is 23.4 Å². The third-order valence-electron chi connectivity index (χ3n) is 3.27. The molecule has 1 aromatic rings. The Balaban J connectivity index is 1.92. The molecule has 2 rings (SSSR count). The standard InChI is InChI=1S/C13H17BrN2O3S/c14-11-7-3-4-8-12(11)20(18,19)15-9-13(17)16-10-5-1-2-6-10/h3-4,7-8,10,15H,1-2,5-6,9H2,(H,16,17). The summed E-state index contributed by atoms with van der Waals surface area (Å²) < 4.78 is 26.9. The van der Waals surface area contributed by atoms with Crippen LogP contribution in [-0.2, 0) is 14.8 Å². The summed E-state index contributed by atoms with van der Waals surface area (Å²) in [4.78, 5) is 11.8. The SMILES string of the molecule is O=C(CNS(=O)(=O)c1ccccc1Br)NC1CCCC1. The Labute approximate surface area is 127 Å². The lowest BCUT2D eigenvalue weighted by atomic mass is 10.2. The van der Waals surface area contributed by atoms with Crippen molar-refractivity contribution < 1.29 is 13.2 Å². The van der Waals surface area contributed by atoms with Crippen molar-refractivity contribution in [1.29, 1.82) is 0 Å². The highest BCUT2D eigenvalue weighted by Crippen LogP contribution is 2.20. The average molecular weight is 361 g/mol.